The monoisotopic (exact) mass is 213 g/mol. The van der Waals surface area contributed by atoms with Gasteiger partial charge in [0.15, 0.2) is 0 Å². The second kappa shape index (κ2) is 4.45. The average molecular weight is 213 g/mol. The lowest BCUT2D eigenvalue weighted by Gasteiger charge is -2.54. The summed E-state index contributed by atoms with van der Waals surface area (Å²) in [6.07, 6.45) is 2.25. The predicted molar refractivity (Wildman–Crippen MR) is 69.9 cm³/mol. The molecule has 0 aliphatic carbocycles. The van der Waals surface area contributed by atoms with Gasteiger partial charge < -0.3 is 5.73 Å². The minimum absolute atomic E-state index is 0.168. The van der Waals surface area contributed by atoms with Crippen LogP contribution >= 0.6 is 0 Å². The van der Waals surface area contributed by atoms with E-state index >= 15 is 0 Å². The number of rotatable bonds is 5. The highest BCUT2D eigenvalue weighted by atomic mass is 14.7. The molecular formula is C14H31N. The molecule has 1 heteroatoms. The van der Waals surface area contributed by atoms with E-state index < -0.39 is 0 Å². The van der Waals surface area contributed by atoms with Crippen LogP contribution in [0.15, 0.2) is 0 Å². The Hall–Kier alpha value is -0.0400. The van der Waals surface area contributed by atoms with Crippen molar-refractivity contribution in [3.8, 4) is 0 Å². The van der Waals surface area contributed by atoms with E-state index in [0.717, 1.165) is 6.42 Å². The number of hydrogen-bond donors (Lipinski definition) is 1. The molecule has 0 aromatic heterocycles. The summed E-state index contributed by atoms with van der Waals surface area (Å²) in [5.41, 5.74) is 7.02. The van der Waals surface area contributed by atoms with Crippen molar-refractivity contribution in [2.24, 2.45) is 22.0 Å². The van der Waals surface area contributed by atoms with Crippen LogP contribution in [0.1, 0.15) is 68.2 Å². The van der Waals surface area contributed by atoms with Crippen molar-refractivity contribution in [2.75, 3.05) is 0 Å². The Kier molecular flexibility index (Phi) is 4.44. The lowest BCUT2D eigenvalue weighted by Crippen LogP contribution is -2.53. The molecule has 0 saturated heterocycles. The molecule has 1 atom stereocenters. The smallest absolute Gasteiger partial charge is 0.00929 e. The minimum atomic E-state index is 0.168. The van der Waals surface area contributed by atoms with Crippen molar-refractivity contribution < 1.29 is 0 Å². The largest absolute Gasteiger partial charge is 0.327 e. The molecule has 0 fully saturated rings. The second-order valence-corrected chi connectivity index (χ2v) is 6.60. The Bertz CT molecular complexity index is 201. The quantitative estimate of drug-likeness (QED) is 0.727. The van der Waals surface area contributed by atoms with Crippen LogP contribution in [0.25, 0.3) is 0 Å². The van der Waals surface area contributed by atoms with Crippen LogP contribution in [0, 0.1) is 16.2 Å². The summed E-state index contributed by atoms with van der Waals surface area (Å²) in [5, 5.41) is 0. The first-order valence-electron chi connectivity index (χ1n) is 6.30. The molecule has 2 N–H and O–H groups in total. The molecule has 0 amide bonds. The lowest BCUT2D eigenvalue weighted by atomic mass is 9.52. The summed E-state index contributed by atoms with van der Waals surface area (Å²) in [7, 11) is 0. The molecule has 0 bridgehead atoms. The van der Waals surface area contributed by atoms with Crippen molar-refractivity contribution >= 4 is 0 Å². The van der Waals surface area contributed by atoms with Gasteiger partial charge >= 0.3 is 0 Å². The topological polar surface area (TPSA) is 26.0 Å². The van der Waals surface area contributed by atoms with Gasteiger partial charge in [0.1, 0.15) is 0 Å². The molecule has 1 nitrogen and oxygen atoms in total. The fraction of sp³-hybridized carbons (Fsp3) is 1.00. The Morgan fingerprint density at radius 3 is 1.60 bits per heavy atom. The summed E-state index contributed by atoms with van der Waals surface area (Å²) >= 11 is 0. The molecule has 15 heavy (non-hydrogen) atoms. The molecule has 0 rings (SSSR count). The van der Waals surface area contributed by atoms with Gasteiger partial charge in [-0.1, -0.05) is 61.8 Å². The molecule has 0 heterocycles. The first kappa shape index (κ1) is 15.0. The number of hydrogen-bond acceptors (Lipinski definition) is 1. The fourth-order valence-corrected chi connectivity index (χ4v) is 2.29. The third-order valence-electron chi connectivity index (χ3n) is 5.55. The van der Waals surface area contributed by atoms with Crippen LogP contribution in [0.5, 0.6) is 0 Å². The molecule has 0 spiro atoms. The molecule has 0 aromatic carbocycles. The van der Waals surface area contributed by atoms with E-state index in [-0.39, 0.29) is 16.9 Å². The molecule has 0 aromatic rings. The first-order chi connectivity index (χ1) is 6.54. The molecule has 92 valence electrons. The number of nitrogens with two attached hydrogens (primary N) is 1. The van der Waals surface area contributed by atoms with E-state index in [9.17, 15) is 0 Å². The van der Waals surface area contributed by atoms with Gasteiger partial charge in [-0.3, -0.25) is 0 Å². The Morgan fingerprint density at radius 1 is 0.933 bits per heavy atom. The second-order valence-electron chi connectivity index (χ2n) is 6.60. The summed E-state index contributed by atoms with van der Waals surface area (Å²) < 4.78 is 0. The van der Waals surface area contributed by atoms with Gasteiger partial charge in [0.25, 0.3) is 0 Å². The van der Waals surface area contributed by atoms with Crippen molar-refractivity contribution in [1.82, 2.24) is 0 Å². The van der Waals surface area contributed by atoms with Crippen LogP contribution in [-0.4, -0.2) is 6.04 Å². The molecule has 1 unspecified atom stereocenters. The van der Waals surface area contributed by atoms with E-state index in [1.807, 2.05) is 0 Å². The zero-order valence-corrected chi connectivity index (χ0v) is 12.1. The molecule has 0 saturated carbocycles. The maximum atomic E-state index is 6.29. The van der Waals surface area contributed by atoms with Gasteiger partial charge in [0.2, 0.25) is 0 Å². The van der Waals surface area contributed by atoms with E-state index in [0.29, 0.717) is 5.41 Å². The summed E-state index contributed by atoms with van der Waals surface area (Å²) in [5.74, 6) is 0. The Balaban J connectivity index is 5.17. The minimum Gasteiger partial charge on any atom is -0.327 e. The van der Waals surface area contributed by atoms with Gasteiger partial charge in [-0.15, -0.1) is 0 Å². The van der Waals surface area contributed by atoms with E-state index in [1.165, 1.54) is 6.42 Å². The van der Waals surface area contributed by atoms with E-state index in [1.54, 1.807) is 0 Å². The third-order valence-corrected chi connectivity index (χ3v) is 5.55. The molecular weight excluding hydrogens is 182 g/mol. The van der Waals surface area contributed by atoms with Crippen molar-refractivity contribution in [2.45, 2.75) is 74.3 Å². The van der Waals surface area contributed by atoms with Crippen LogP contribution in [-0.2, 0) is 0 Å². The van der Waals surface area contributed by atoms with Crippen molar-refractivity contribution in [3.05, 3.63) is 0 Å². The lowest BCUT2D eigenvalue weighted by molar-refractivity contribution is -0.0385. The van der Waals surface area contributed by atoms with Crippen LogP contribution in [0.2, 0.25) is 0 Å². The third kappa shape index (κ3) is 2.38. The van der Waals surface area contributed by atoms with Crippen molar-refractivity contribution in [1.29, 1.82) is 0 Å². The highest BCUT2D eigenvalue weighted by molar-refractivity contribution is 5.00. The zero-order chi connectivity index (χ0) is 12.5. The molecule has 0 radical (unpaired) electrons. The average Bonchev–Trinajstić information content (AvgIpc) is 2.15. The molecule has 0 aliphatic rings. The van der Waals surface area contributed by atoms with Crippen molar-refractivity contribution in [3.63, 3.8) is 0 Å². The van der Waals surface area contributed by atoms with Gasteiger partial charge in [0, 0.05) is 6.04 Å². The Morgan fingerprint density at radius 2 is 1.33 bits per heavy atom. The predicted octanol–water partition coefficient (Wildman–Crippen LogP) is 4.21. The highest BCUT2D eigenvalue weighted by Crippen LogP contribution is 2.54. The summed E-state index contributed by atoms with van der Waals surface area (Å²) in [4.78, 5) is 0. The SMILES string of the molecule is CCC(N)C(C)(C)C(C)(C)C(C)(C)CC. The van der Waals surface area contributed by atoms with E-state index in [2.05, 4.69) is 55.4 Å². The van der Waals surface area contributed by atoms with Gasteiger partial charge in [-0.25, -0.2) is 0 Å². The summed E-state index contributed by atoms with van der Waals surface area (Å²) in [6, 6.07) is 0.276. The normalized spacial score (nSPS) is 16.6. The van der Waals surface area contributed by atoms with Gasteiger partial charge in [-0.05, 0) is 22.7 Å². The maximum Gasteiger partial charge on any atom is 0.00929 e. The zero-order valence-electron chi connectivity index (χ0n) is 12.1. The summed E-state index contributed by atoms with van der Waals surface area (Å²) in [6.45, 7) is 18.5. The van der Waals surface area contributed by atoms with Crippen LogP contribution in [0.4, 0.5) is 0 Å². The fourth-order valence-electron chi connectivity index (χ4n) is 2.29. The van der Waals surface area contributed by atoms with Gasteiger partial charge in [-0.2, -0.15) is 0 Å². The van der Waals surface area contributed by atoms with Crippen LogP contribution < -0.4 is 5.73 Å². The van der Waals surface area contributed by atoms with E-state index in [4.69, 9.17) is 5.73 Å². The first-order valence-corrected chi connectivity index (χ1v) is 6.30. The molecule has 0 aliphatic heterocycles. The standard InChI is InChI=1S/C14H31N/c1-9-11(15)13(5,6)14(7,8)12(3,4)10-2/h11H,9-10,15H2,1-8H3. The highest BCUT2D eigenvalue weighted by Gasteiger charge is 2.49. The maximum absolute atomic E-state index is 6.29. The van der Waals surface area contributed by atoms with Crippen LogP contribution in [0.3, 0.4) is 0 Å². The van der Waals surface area contributed by atoms with Gasteiger partial charge in [0.05, 0.1) is 0 Å². The Labute approximate surface area is 96.8 Å².